The first-order valence-electron chi connectivity index (χ1n) is 6.18. The van der Waals surface area contributed by atoms with Crippen LogP contribution in [0.4, 0.5) is 26.3 Å². The third kappa shape index (κ3) is 4.01. The van der Waals surface area contributed by atoms with E-state index in [0.29, 0.717) is 0 Å². The van der Waals surface area contributed by atoms with Gasteiger partial charge in [0.05, 0.1) is 5.75 Å². The molecular formula is C10H16F6N2O2S. The molecule has 0 radical (unpaired) electrons. The van der Waals surface area contributed by atoms with Gasteiger partial charge < -0.3 is 4.90 Å². The Kier molecular flexibility index (Phi) is 5.21. The van der Waals surface area contributed by atoms with E-state index in [2.05, 4.69) is 4.72 Å². The average Bonchev–Trinajstić information content (AvgIpc) is 2.73. The number of alkyl halides is 6. The minimum absolute atomic E-state index is 0.201. The van der Waals surface area contributed by atoms with Gasteiger partial charge in [0.2, 0.25) is 10.0 Å². The summed E-state index contributed by atoms with van der Waals surface area (Å²) in [5, 5.41) is 0. The summed E-state index contributed by atoms with van der Waals surface area (Å²) in [6.07, 6.45) is -11.8. The van der Waals surface area contributed by atoms with Gasteiger partial charge >= 0.3 is 12.4 Å². The van der Waals surface area contributed by atoms with Crippen LogP contribution < -0.4 is 4.72 Å². The maximum Gasteiger partial charge on any atom is 0.404 e. The van der Waals surface area contributed by atoms with Crippen molar-refractivity contribution in [2.45, 2.75) is 25.7 Å². The minimum Gasteiger partial charge on any atom is -0.301 e. The molecule has 21 heavy (non-hydrogen) atoms. The highest BCUT2D eigenvalue weighted by atomic mass is 32.2. The number of nitrogens with zero attached hydrogens (tertiary/aromatic N) is 1. The second-order valence-corrected chi connectivity index (χ2v) is 7.00. The zero-order chi connectivity index (χ0) is 16.5. The molecule has 4 nitrogen and oxygen atoms in total. The summed E-state index contributed by atoms with van der Waals surface area (Å²) >= 11 is 0. The maximum atomic E-state index is 12.8. The summed E-state index contributed by atoms with van der Waals surface area (Å²) in [6.45, 7) is -0.633. The molecule has 0 atom stereocenters. The highest BCUT2D eigenvalue weighted by molar-refractivity contribution is 7.89. The van der Waals surface area contributed by atoms with Crippen molar-refractivity contribution in [3.8, 4) is 0 Å². The highest BCUT2D eigenvalue weighted by Gasteiger charge is 2.72. The first-order valence-corrected chi connectivity index (χ1v) is 7.83. The van der Waals surface area contributed by atoms with Crippen molar-refractivity contribution in [1.82, 2.24) is 9.62 Å². The van der Waals surface area contributed by atoms with Gasteiger partial charge in [0.25, 0.3) is 0 Å². The minimum atomic E-state index is -5.39. The Balaban J connectivity index is 2.69. The molecule has 1 fully saturated rings. The van der Waals surface area contributed by atoms with E-state index in [1.54, 1.807) is 0 Å². The van der Waals surface area contributed by atoms with Crippen molar-refractivity contribution < 1.29 is 34.8 Å². The molecule has 1 saturated heterocycles. The summed E-state index contributed by atoms with van der Waals surface area (Å²) in [5.74, 6) is -0.206. The Morgan fingerprint density at radius 2 is 1.67 bits per heavy atom. The van der Waals surface area contributed by atoms with E-state index in [9.17, 15) is 34.8 Å². The van der Waals surface area contributed by atoms with Gasteiger partial charge in [-0.3, -0.25) is 0 Å². The second-order valence-electron chi connectivity index (χ2n) is 4.90. The molecule has 0 aromatic rings. The predicted octanol–water partition coefficient (Wildman–Crippen LogP) is 1.74. The van der Waals surface area contributed by atoms with Gasteiger partial charge in [0, 0.05) is 19.6 Å². The lowest BCUT2D eigenvalue weighted by Crippen LogP contribution is -2.52. The fourth-order valence-corrected chi connectivity index (χ4v) is 2.77. The summed E-state index contributed by atoms with van der Waals surface area (Å²) in [6, 6.07) is 0. The normalized spacial score (nSPS) is 20.9. The molecule has 0 aromatic carbocycles. The Bertz CT molecular complexity index is 445. The van der Waals surface area contributed by atoms with Crippen LogP contribution in [-0.4, -0.2) is 57.6 Å². The smallest absolute Gasteiger partial charge is 0.301 e. The van der Waals surface area contributed by atoms with E-state index >= 15 is 0 Å². The quantitative estimate of drug-likeness (QED) is 0.775. The molecule has 1 aliphatic rings. The van der Waals surface area contributed by atoms with Crippen LogP contribution in [0.5, 0.6) is 0 Å². The van der Waals surface area contributed by atoms with E-state index in [0.717, 1.165) is 4.90 Å². The van der Waals surface area contributed by atoms with Gasteiger partial charge in [-0.25, -0.2) is 13.1 Å². The van der Waals surface area contributed by atoms with Gasteiger partial charge in [0.1, 0.15) is 0 Å². The van der Waals surface area contributed by atoms with E-state index < -0.39 is 40.8 Å². The zero-order valence-electron chi connectivity index (χ0n) is 11.2. The molecule has 1 N–H and O–H groups in total. The first kappa shape index (κ1) is 18.5. The number of halogens is 6. The summed E-state index contributed by atoms with van der Waals surface area (Å²) in [4.78, 5) is 0.971. The van der Waals surface area contributed by atoms with Crippen LogP contribution in [0.15, 0.2) is 0 Å². The molecule has 11 heteroatoms. The molecule has 1 rings (SSSR count). The van der Waals surface area contributed by atoms with Crippen LogP contribution in [0.25, 0.3) is 0 Å². The van der Waals surface area contributed by atoms with Gasteiger partial charge in [-0.15, -0.1) is 0 Å². The second kappa shape index (κ2) is 5.92. The molecule has 0 amide bonds. The molecule has 0 bridgehead atoms. The molecule has 1 heterocycles. The predicted molar refractivity (Wildman–Crippen MR) is 63.1 cm³/mol. The lowest BCUT2D eigenvalue weighted by atomic mass is 9.85. The Morgan fingerprint density at radius 1 is 1.14 bits per heavy atom. The summed E-state index contributed by atoms with van der Waals surface area (Å²) in [5.41, 5.74) is -3.73. The Hall–Kier alpha value is -0.550. The number of hydrogen-bond acceptors (Lipinski definition) is 3. The zero-order valence-corrected chi connectivity index (χ0v) is 12.0. The van der Waals surface area contributed by atoms with Crippen molar-refractivity contribution in [2.24, 2.45) is 5.41 Å². The molecule has 0 aliphatic carbocycles. The van der Waals surface area contributed by atoms with Crippen LogP contribution in [0.1, 0.15) is 13.3 Å². The van der Waals surface area contributed by atoms with Crippen molar-refractivity contribution >= 4 is 10.0 Å². The van der Waals surface area contributed by atoms with Gasteiger partial charge in [-0.1, -0.05) is 0 Å². The van der Waals surface area contributed by atoms with Gasteiger partial charge in [-0.05, 0) is 19.9 Å². The lowest BCUT2D eigenvalue weighted by Gasteiger charge is -2.33. The van der Waals surface area contributed by atoms with Crippen LogP contribution >= 0.6 is 0 Å². The number of likely N-dealkylation sites (tertiary alicyclic amines) is 1. The van der Waals surface area contributed by atoms with Crippen LogP contribution in [0.3, 0.4) is 0 Å². The van der Waals surface area contributed by atoms with E-state index in [1.165, 1.54) is 6.92 Å². The number of rotatable bonds is 5. The molecular weight excluding hydrogens is 326 g/mol. The Morgan fingerprint density at radius 3 is 2.05 bits per heavy atom. The molecule has 126 valence electrons. The van der Waals surface area contributed by atoms with Crippen molar-refractivity contribution in [3.63, 3.8) is 0 Å². The van der Waals surface area contributed by atoms with Crippen molar-refractivity contribution in [3.05, 3.63) is 0 Å². The molecule has 0 spiro atoms. The third-order valence-corrected chi connectivity index (χ3v) is 4.97. The fraction of sp³-hybridized carbons (Fsp3) is 1.00. The van der Waals surface area contributed by atoms with Crippen LogP contribution in [-0.2, 0) is 10.0 Å². The first-order chi connectivity index (χ1) is 9.35. The molecule has 0 aromatic heterocycles. The van der Waals surface area contributed by atoms with Crippen molar-refractivity contribution in [1.29, 1.82) is 0 Å². The van der Waals surface area contributed by atoms with Gasteiger partial charge in [0.15, 0.2) is 5.41 Å². The standard InChI is InChI=1S/C10H16F6N2O2S/c1-2-21(19,20)17-4-6-18-5-3-8(7-18,9(11,12)13)10(14,15)16/h17H,2-7H2,1H3. The van der Waals surface area contributed by atoms with Crippen molar-refractivity contribution in [2.75, 3.05) is 31.9 Å². The molecule has 0 saturated carbocycles. The van der Waals surface area contributed by atoms with Crippen LogP contribution in [0, 0.1) is 5.41 Å². The summed E-state index contributed by atoms with van der Waals surface area (Å²) < 4.78 is 101. The lowest BCUT2D eigenvalue weighted by molar-refractivity contribution is -0.335. The van der Waals surface area contributed by atoms with E-state index in [-0.39, 0.29) is 25.4 Å². The molecule has 1 aliphatic heterocycles. The summed E-state index contributed by atoms with van der Waals surface area (Å²) in [7, 11) is -3.52. The SMILES string of the molecule is CCS(=O)(=O)NCCN1CCC(C(F)(F)F)(C(F)(F)F)C1. The van der Waals surface area contributed by atoms with Gasteiger partial charge in [-0.2, -0.15) is 26.3 Å². The third-order valence-electron chi connectivity index (χ3n) is 3.56. The van der Waals surface area contributed by atoms with E-state index in [1.807, 2.05) is 0 Å². The topological polar surface area (TPSA) is 49.4 Å². The average molecular weight is 342 g/mol. The fourth-order valence-electron chi connectivity index (χ4n) is 2.16. The number of hydrogen-bond donors (Lipinski definition) is 1. The maximum absolute atomic E-state index is 12.8. The van der Waals surface area contributed by atoms with E-state index in [4.69, 9.17) is 0 Å². The molecule has 0 unspecified atom stereocenters. The number of nitrogens with one attached hydrogen (secondary N) is 1. The number of sulfonamides is 1. The monoisotopic (exact) mass is 342 g/mol. The van der Waals surface area contributed by atoms with Crippen LogP contribution in [0.2, 0.25) is 0 Å². The largest absolute Gasteiger partial charge is 0.404 e. The Labute approximate surface area is 118 Å². The highest BCUT2D eigenvalue weighted by Crippen LogP contribution is 2.55.